The number of ether oxygens (including phenoxy) is 2. The van der Waals surface area contributed by atoms with E-state index < -0.39 is 0 Å². The first-order valence-corrected chi connectivity index (χ1v) is 7.38. The maximum absolute atomic E-state index is 5.55. The van der Waals surface area contributed by atoms with Crippen LogP contribution >= 0.6 is 24.0 Å². The van der Waals surface area contributed by atoms with Crippen molar-refractivity contribution in [1.29, 1.82) is 0 Å². The van der Waals surface area contributed by atoms with E-state index in [1.54, 1.807) is 11.8 Å². The van der Waals surface area contributed by atoms with Crippen LogP contribution in [0.3, 0.4) is 0 Å². The van der Waals surface area contributed by atoms with Crippen molar-refractivity contribution in [2.75, 3.05) is 25.5 Å². The number of nitrogens with one attached hydrogen (secondary N) is 1. The fraction of sp³-hybridized carbons (Fsp3) is 0.909. The largest absolute Gasteiger partial charge is 0.377 e. The lowest BCUT2D eigenvalue weighted by Crippen LogP contribution is -2.29. The topological polar surface area (TPSA) is 30.5 Å². The van der Waals surface area contributed by atoms with Crippen LogP contribution in [0.25, 0.3) is 0 Å². The Morgan fingerprint density at radius 3 is 2.50 bits per heavy atom. The van der Waals surface area contributed by atoms with Crippen molar-refractivity contribution >= 4 is 28.3 Å². The Morgan fingerprint density at radius 2 is 1.88 bits per heavy atom. The highest BCUT2D eigenvalue weighted by molar-refractivity contribution is 8.23. The molecule has 2 aliphatic rings. The van der Waals surface area contributed by atoms with Gasteiger partial charge in [0, 0.05) is 25.5 Å². The lowest BCUT2D eigenvalue weighted by molar-refractivity contribution is 0.114. The predicted octanol–water partition coefficient (Wildman–Crippen LogP) is 1.95. The van der Waals surface area contributed by atoms with Gasteiger partial charge in [0.05, 0.1) is 12.2 Å². The molecule has 0 aromatic rings. The zero-order valence-corrected chi connectivity index (χ0v) is 11.1. The predicted molar refractivity (Wildman–Crippen MR) is 71.0 cm³/mol. The SMILES string of the molecule is S=C(NCC1CCCO1)SCC1CCCO1. The highest BCUT2D eigenvalue weighted by atomic mass is 32.2. The van der Waals surface area contributed by atoms with Gasteiger partial charge in [0.25, 0.3) is 0 Å². The molecule has 0 aromatic heterocycles. The third-order valence-electron chi connectivity index (χ3n) is 2.92. The van der Waals surface area contributed by atoms with Crippen molar-refractivity contribution in [2.45, 2.75) is 37.9 Å². The van der Waals surface area contributed by atoms with Crippen LogP contribution in [-0.4, -0.2) is 42.0 Å². The van der Waals surface area contributed by atoms with E-state index in [9.17, 15) is 0 Å². The maximum Gasteiger partial charge on any atom is 0.133 e. The van der Waals surface area contributed by atoms with Crippen LogP contribution < -0.4 is 5.32 Å². The van der Waals surface area contributed by atoms with E-state index in [0.717, 1.165) is 36.3 Å². The fourth-order valence-corrected chi connectivity index (χ4v) is 3.07. The Bertz CT molecular complexity index is 204. The van der Waals surface area contributed by atoms with Crippen LogP contribution in [0.5, 0.6) is 0 Å². The summed E-state index contributed by atoms with van der Waals surface area (Å²) in [5, 5.41) is 3.26. The van der Waals surface area contributed by atoms with E-state index >= 15 is 0 Å². The standard InChI is InChI=1S/C11H19NO2S2/c15-11(12-7-9-3-1-5-13-9)16-8-10-4-2-6-14-10/h9-10H,1-8H2,(H,12,15). The van der Waals surface area contributed by atoms with Gasteiger partial charge in [-0.1, -0.05) is 24.0 Å². The molecule has 0 spiro atoms. The first-order chi connectivity index (χ1) is 7.84. The number of hydrogen-bond acceptors (Lipinski definition) is 4. The fourth-order valence-electron chi connectivity index (χ4n) is 2.00. The highest BCUT2D eigenvalue weighted by Gasteiger charge is 2.18. The minimum atomic E-state index is 0.362. The van der Waals surface area contributed by atoms with Gasteiger partial charge in [-0.25, -0.2) is 0 Å². The molecule has 2 heterocycles. The summed E-state index contributed by atoms with van der Waals surface area (Å²) in [6.45, 7) is 2.68. The zero-order valence-electron chi connectivity index (χ0n) is 9.44. The quantitative estimate of drug-likeness (QED) is 0.782. The minimum absolute atomic E-state index is 0.362. The van der Waals surface area contributed by atoms with Gasteiger partial charge >= 0.3 is 0 Å². The molecule has 1 N–H and O–H groups in total. The summed E-state index contributed by atoms with van der Waals surface area (Å²) in [6, 6.07) is 0. The molecule has 2 rings (SSSR count). The molecule has 0 aromatic carbocycles. The molecule has 5 heteroatoms. The van der Waals surface area contributed by atoms with Crippen LogP contribution in [0, 0.1) is 0 Å². The summed E-state index contributed by atoms with van der Waals surface area (Å²) >= 11 is 6.96. The number of thioether (sulfide) groups is 1. The molecule has 0 radical (unpaired) electrons. The molecule has 2 fully saturated rings. The van der Waals surface area contributed by atoms with Gasteiger partial charge < -0.3 is 14.8 Å². The molecular weight excluding hydrogens is 242 g/mol. The second-order valence-corrected chi connectivity index (χ2v) is 5.95. The third-order valence-corrected chi connectivity index (χ3v) is 4.37. The van der Waals surface area contributed by atoms with Crippen molar-refractivity contribution in [2.24, 2.45) is 0 Å². The Morgan fingerprint density at radius 1 is 1.19 bits per heavy atom. The summed E-state index contributed by atoms with van der Waals surface area (Å²) in [6.07, 6.45) is 5.49. The second-order valence-electron chi connectivity index (χ2n) is 4.25. The number of thiocarbonyl (C=S) groups is 1. The monoisotopic (exact) mass is 261 g/mol. The molecule has 2 aliphatic heterocycles. The number of rotatable bonds is 4. The average Bonchev–Trinajstić information content (AvgIpc) is 2.96. The van der Waals surface area contributed by atoms with E-state index in [2.05, 4.69) is 5.32 Å². The Labute approximate surface area is 107 Å². The molecule has 16 heavy (non-hydrogen) atoms. The van der Waals surface area contributed by atoms with Crippen molar-refractivity contribution in [3.05, 3.63) is 0 Å². The van der Waals surface area contributed by atoms with Gasteiger partial charge in [-0.3, -0.25) is 0 Å². The van der Waals surface area contributed by atoms with Crippen molar-refractivity contribution in [3.8, 4) is 0 Å². The zero-order chi connectivity index (χ0) is 11.2. The highest BCUT2D eigenvalue weighted by Crippen LogP contribution is 2.18. The minimum Gasteiger partial charge on any atom is -0.377 e. The smallest absolute Gasteiger partial charge is 0.133 e. The molecule has 2 saturated heterocycles. The molecule has 92 valence electrons. The summed E-state index contributed by atoms with van der Waals surface area (Å²) in [4.78, 5) is 0. The average molecular weight is 261 g/mol. The van der Waals surface area contributed by atoms with Crippen molar-refractivity contribution in [3.63, 3.8) is 0 Å². The van der Waals surface area contributed by atoms with Gasteiger partial charge in [0.1, 0.15) is 4.32 Å². The Kier molecular flexibility index (Phi) is 5.35. The molecule has 0 aliphatic carbocycles. The summed E-state index contributed by atoms with van der Waals surface area (Å²) in [5.41, 5.74) is 0. The molecule has 2 unspecified atom stereocenters. The van der Waals surface area contributed by atoms with Crippen LogP contribution in [0.2, 0.25) is 0 Å². The summed E-state index contributed by atoms with van der Waals surface area (Å²) in [7, 11) is 0. The van der Waals surface area contributed by atoms with E-state index in [4.69, 9.17) is 21.7 Å². The van der Waals surface area contributed by atoms with Gasteiger partial charge in [-0.05, 0) is 25.7 Å². The van der Waals surface area contributed by atoms with Gasteiger partial charge in [0.15, 0.2) is 0 Å². The second kappa shape index (κ2) is 6.79. The lowest BCUT2D eigenvalue weighted by atomic mass is 10.2. The molecule has 3 nitrogen and oxygen atoms in total. The van der Waals surface area contributed by atoms with E-state index in [0.29, 0.717) is 12.2 Å². The Balaban J connectivity index is 1.53. The molecule has 0 bridgehead atoms. The maximum atomic E-state index is 5.55. The van der Waals surface area contributed by atoms with Crippen LogP contribution in [0.4, 0.5) is 0 Å². The van der Waals surface area contributed by atoms with Crippen LogP contribution in [0.15, 0.2) is 0 Å². The van der Waals surface area contributed by atoms with Gasteiger partial charge in [-0.2, -0.15) is 0 Å². The van der Waals surface area contributed by atoms with Crippen LogP contribution in [0.1, 0.15) is 25.7 Å². The van der Waals surface area contributed by atoms with Crippen LogP contribution in [-0.2, 0) is 9.47 Å². The summed E-state index contributed by atoms with van der Waals surface area (Å²) in [5.74, 6) is 0.983. The van der Waals surface area contributed by atoms with E-state index in [1.807, 2.05) is 0 Å². The number of hydrogen-bond donors (Lipinski definition) is 1. The molecule has 2 atom stereocenters. The summed E-state index contributed by atoms with van der Waals surface area (Å²) < 4.78 is 12.0. The Hall–Kier alpha value is 0.160. The first-order valence-electron chi connectivity index (χ1n) is 5.98. The lowest BCUT2D eigenvalue weighted by Gasteiger charge is -2.13. The van der Waals surface area contributed by atoms with Gasteiger partial charge in [-0.15, -0.1) is 0 Å². The van der Waals surface area contributed by atoms with Gasteiger partial charge in [0.2, 0.25) is 0 Å². The molecule has 0 amide bonds. The van der Waals surface area contributed by atoms with E-state index in [1.165, 1.54) is 19.3 Å². The van der Waals surface area contributed by atoms with Crippen molar-refractivity contribution in [1.82, 2.24) is 5.32 Å². The normalized spacial score (nSPS) is 29.5. The molecular formula is C11H19NO2S2. The first kappa shape index (κ1) is 12.6. The molecule has 0 saturated carbocycles. The third kappa shape index (κ3) is 4.20. The van der Waals surface area contributed by atoms with E-state index in [-0.39, 0.29) is 0 Å². The van der Waals surface area contributed by atoms with Crippen molar-refractivity contribution < 1.29 is 9.47 Å².